The average Bonchev–Trinajstić information content (AvgIpc) is 2.51. The Bertz CT molecular complexity index is 763. The van der Waals surface area contributed by atoms with E-state index >= 15 is 0 Å². The number of hydrogen-bond donors (Lipinski definition) is 2. The third-order valence-corrected chi connectivity index (χ3v) is 3.61. The molecule has 8 heteroatoms. The zero-order valence-corrected chi connectivity index (χ0v) is 14.0. The summed E-state index contributed by atoms with van der Waals surface area (Å²) in [5.74, 6) is 0. The van der Waals surface area contributed by atoms with Crippen LogP contribution in [-0.4, -0.2) is 11.0 Å². The monoisotopic (exact) mass is 395 g/mol. The number of nitrogens with zero attached hydrogens (tertiary/aromatic N) is 1. The van der Waals surface area contributed by atoms with Gasteiger partial charge in [0.15, 0.2) is 0 Å². The van der Waals surface area contributed by atoms with Gasteiger partial charge in [-0.25, -0.2) is 4.79 Å². The molecule has 0 radical (unpaired) electrons. The van der Waals surface area contributed by atoms with E-state index in [-0.39, 0.29) is 16.4 Å². The molecule has 0 spiro atoms. The van der Waals surface area contributed by atoms with Crippen molar-refractivity contribution in [1.29, 1.82) is 0 Å². The molecule has 6 nitrogen and oxygen atoms in total. The maximum Gasteiger partial charge on any atom is 0.323 e. The van der Waals surface area contributed by atoms with Crippen molar-refractivity contribution in [3.8, 4) is 0 Å². The molecule has 0 aromatic heterocycles. The highest BCUT2D eigenvalue weighted by Crippen LogP contribution is 2.27. The van der Waals surface area contributed by atoms with Crippen molar-refractivity contribution in [1.82, 2.24) is 5.32 Å². The molecule has 2 aromatic carbocycles. The molecule has 0 aliphatic heterocycles. The Morgan fingerprint density at radius 1 is 1.22 bits per heavy atom. The van der Waals surface area contributed by atoms with Crippen LogP contribution in [0.4, 0.5) is 16.2 Å². The molecular weight excluding hydrogens is 386 g/mol. The zero-order valence-electron chi connectivity index (χ0n) is 11.6. The number of halogens is 2. The number of benzene rings is 2. The lowest BCUT2D eigenvalue weighted by Crippen LogP contribution is -2.23. The first-order chi connectivity index (χ1) is 11.0. The highest BCUT2D eigenvalue weighted by molar-refractivity contribution is 9.10. The fraction of sp³-hybridized carbons (Fsp3) is 0. The van der Waals surface area contributed by atoms with Gasteiger partial charge in [-0.05, 0) is 35.9 Å². The number of nitro groups is 1. The first kappa shape index (κ1) is 17.0. The van der Waals surface area contributed by atoms with E-state index < -0.39 is 11.0 Å². The van der Waals surface area contributed by atoms with Gasteiger partial charge in [0, 0.05) is 22.4 Å². The first-order valence-corrected chi connectivity index (χ1v) is 7.56. The summed E-state index contributed by atoms with van der Waals surface area (Å²) < 4.78 is 0.963. The minimum absolute atomic E-state index is 0.0103. The van der Waals surface area contributed by atoms with Crippen molar-refractivity contribution in [3.05, 3.63) is 73.8 Å². The molecular formula is C15H11BrClN3O3. The first-order valence-electron chi connectivity index (χ1n) is 6.39. The molecule has 0 saturated carbocycles. The van der Waals surface area contributed by atoms with Crippen LogP contribution >= 0.6 is 27.5 Å². The third kappa shape index (κ3) is 5.08. The van der Waals surface area contributed by atoms with E-state index in [0.717, 1.165) is 10.0 Å². The number of hydrogen-bond acceptors (Lipinski definition) is 3. The number of nitrogens with one attached hydrogen (secondary N) is 2. The molecule has 2 aromatic rings. The van der Waals surface area contributed by atoms with E-state index in [9.17, 15) is 14.9 Å². The number of carbonyl (C=O) groups excluding carboxylic acids is 1. The van der Waals surface area contributed by atoms with Gasteiger partial charge in [0.2, 0.25) is 0 Å². The van der Waals surface area contributed by atoms with Gasteiger partial charge in [-0.1, -0.05) is 39.7 Å². The summed E-state index contributed by atoms with van der Waals surface area (Å²) in [5, 5.41) is 15.8. The highest BCUT2D eigenvalue weighted by Gasteiger charge is 2.13. The molecule has 0 aliphatic carbocycles. The van der Waals surface area contributed by atoms with Crippen molar-refractivity contribution in [2.75, 3.05) is 5.32 Å². The van der Waals surface area contributed by atoms with Crippen LogP contribution in [0.1, 0.15) is 5.56 Å². The largest absolute Gasteiger partial charge is 0.323 e. The number of anilines is 1. The Kier molecular flexibility index (Phi) is 5.72. The smallest absolute Gasteiger partial charge is 0.314 e. The summed E-state index contributed by atoms with van der Waals surface area (Å²) in [6, 6.07) is 11.0. The van der Waals surface area contributed by atoms with Crippen LogP contribution in [0.5, 0.6) is 0 Å². The van der Waals surface area contributed by atoms with E-state index in [1.54, 1.807) is 6.08 Å². The maximum absolute atomic E-state index is 11.7. The Labute approximate surface area is 145 Å². The van der Waals surface area contributed by atoms with Gasteiger partial charge >= 0.3 is 6.03 Å². The van der Waals surface area contributed by atoms with Crippen molar-refractivity contribution in [2.45, 2.75) is 0 Å². The van der Waals surface area contributed by atoms with E-state index in [4.69, 9.17) is 11.6 Å². The summed E-state index contributed by atoms with van der Waals surface area (Å²) in [6.45, 7) is 0. The lowest BCUT2D eigenvalue weighted by molar-refractivity contribution is -0.384. The summed E-state index contributed by atoms with van der Waals surface area (Å²) >= 11 is 9.04. The minimum atomic E-state index is -0.612. The number of rotatable bonds is 4. The molecule has 118 valence electrons. The van der Waals surface area contributed by atoms with E-state index in [0.29, 0.717) is 0 Å². The Hall–Kier alpha value is -2.38. The van der Waals surface area contributed by atoms with Crippen LogP contribution in [0.15, 0.2) is 53.1 Å². The number of urea groups is 1. The second kappa shape index (κ2) is 7.75. The Morgan fingerprint density at radius 2 is 1.91 bits per heavy atom. The molecule has 0 saturated heterocycles. The van der Waals surface area contributed by atoms with Gasteiger partial charge in [-0.15, -0.1) is 0 Å². The fourth-order valence-corrected chi connectivity index (χ4v) is 2.14. The van der Waals surface area contributed by atoms with Crippen LogP contribution in [0.25, 0.3) is 6.08 Å². The summed E-state index contributed by atoms with van der Waals surface area (Å²) in [5.41, 5.74) is 0.918. The average molecular weight is 397 g/mol. The molecule has 0 fully saturated rings. The zero-order chi connectivity index (χ0) is 16.8. The van der Waals surface area contributed by atoms with Crippen LogP contribution in [-0.2, 0) is 0 Å². The predicted molar refractivity (Wildman–Crippen MR) is 93.4 cm³/mol. The van der Waals surface area contributed by atoms with Gasteiger partial charge in [0.25, 0.3) is 5.69 Å². The number of carbonyl (C=O) groups is 1. The summed E-state index contributed by atoms with van der Waals surface area (Å²) in [7, 11) is 0. The van der Waals surface area contributed by atoms with E-state index in [1.807, 2.05) is 24.3 Å². The fourth-order valence-electron chi connectivity index (χ4n) is 1.68. The quantitative estimate of drug-likeness (QED) is 0.575. The van der Waals surface area contributed by atoms with Gasteiger partial charge in [-0.3, -0.25) is 10.1 Å². The van der Waals surface area contributed by atoms with Crippen molar-refractivity contribution in [2.24, 2.45) is 0 Å². The number of nitro benzene ring substituents is 1. The highest BCUT2D eigenvalue weighted by atomic mass is 79.9. The molecule has 2 N–H and O–H groups in total. The molecule has 2 rings (SSSR count). The minimum Gasteiger partial charge on any atom is -0.314 e. The Morgan fingerprint density at radius 3 is 2.57 bits per heavy atom. The normalized spacial score (nSPS) is 10.5. The summed E-state index contributed by atoms with van der Waals surface area (Å²) in [6.07, 6.45) is 3.19. The Balaban J connectivity index is 1.96. The molecule has 0 heterocycles. The second-order valence-corrected chi connectivity index (χ2v) is 5.73. The third-order valence-electron chi connectivity index (χ3n) is 2.76. The van der Waals surface area contributed by atoms with Gasteiger partial charge in [-0.2, -0.15) is 0 Å². The number of amides is 2. The molecule has 0 aliphatic rings. The SMILES string of the molecule is O=C(N/C=C/c1ccc(Br)cc1)Nc1ccc(Cl)c([N+](=O)[O-])c1. The maximum atomic E-state index is 11.7. The van der Waals surface area contributed by atoms with Crippen LogP contribution in [0, 0.1) is 10.1 Å². The molecule has 23 heavy (non-hydrogen) atoms. The van der Waals surface area contributed by atoms with Gasteiger partial charge in [0.05, 0.1) is 4.92 Å². The lowest BCUT2D eigenvalue weighted by Gasteiger charge is -2.05. The predicted octanol–water partition coefficient (Wildman–Crippen LogP) is 4.80. The van der Waals surface area contributed by atoms with E-state index in [1.165, 1.54) is 24.4 Å². The molecule has 2 amide bonds. The standard InChI is InChI=1S/C15H11BrClN3O3/c16-11-3-1-10(2-4-11)7-8-18-15(21)19-12-5-6-13(17)14(9-12)20(22)23/h1-9H,(H2,18,19,21)/b8-7+. The second-order valence-electron chi connectivity index (χ2n) is 4.41. The van der Waals surface area contributed by atoms with Crippen LogP contribution in [0.3, 0.4) is 0 Å². The van der Waals surface area contributed by atoms with Gasteiger partial charge in [0.1, 0.15) is 5.02 Å². The molecule has 0 bridgehead atoms. The van der Waals surface area contributed by atoms with Crippen molar-refractivity contribution >= 4 is 51.0 Å². The molecule has 0 atom stereocenters. The van der Waals surface area contributed by atoms with Crippen LogP contribution < -0.4 is 10.6 Å². The summed E-state index contributed by atoms with van der Waals surface area (Å²) in [4.78, 5) is 21.9. The lowest BCUT2D eigenvalue weighted by atomic mass is 10.2. The van der Waals surface area contributed by atoms with Crippen molar-refractivity contribution in [3.63, 3.8) is 0 Å². The topological polar surface area (TPSA) is 84.3 Å². The van der Waals surface area contributed by atoms with Crippen LogP contribution in [0.2, 0.25) is 5.02 Å². The van der Waals surface area contributed by atoms with Gasteiger partial charge < -0.3 is 10.6 Å². The molecule has 0 unspecified atom stereocenters. The van der Waals surface area contributed by atoms with E-state index in [2.05, 4.69) is 26.6 Å². The van der Waals surface area contributed by atoms with Crippen molar-refractivity contribution < 1.29 is 9.72 Å².